The van der Waals surface area contributed by atoms with Crippen LogP contribution in [-0.4, -0.2) is 49.2 Å². The van der Waals surface area contributed by atoms with Crippen LogP contribution in [0.2, 0.25) is 0 Å². The maximum Gasteiger partial charge on any atom is 0.177 e. The van der Waals surface area contributed by atoms with E-state index < -0.39 is 0 Å². The van der Waals surface area contributed by atoms with Gasteiger partial charge in [-0.3, -0.25) is 15.1 Å². The van der Waals surface area contributed by atoms with Crippen molar-refractivity contribution in [2.24, 2.45) is 5.10 Å². The molecule has 1 N–H and O–H groups in total. The fourth-order valence-corrected chi connectivity index (χ4v) is 1.84. The molecule has 2 rings (SSSR count). The highest BCUT2D eigenvalue weighted by atomic mass is 16.5. The van der Waals surface area contributed by atoms with Crippen LogP contribution >= 0.6 is 0 Å². The lowest BCUT2D eigenvalue weighted by atomic mass is 10.2. The van der Waals surface area contributed by atoms with Crippen molar-refractivity contribution in [1.29, 1.82) is 0 Å². The van der Waals surface area contributed by atoms with Gasteiger partial charge in [0.15, 0.2) is 5.78 Å². The summed E-state index contributed by atoms with van der Waals surface area (Å²) in [6, 6.07) is 9.61. The molecule has 0 amide bonds. The molecular weight excluding hydrogens is 242 g/mol. The minimum Gasteiger partial charge on any atom is -0.379 e. The average molecular weight is 261 g/mol. The molecule has 0 bridgehead atoms. The monoisotopic (exact) mass is 261 g/mol. The molecule has 1 aromatic carbocycles. The molecule has 0 aliphatic carbocycles. The normalized spacial score (nSPS) is 17.2. The SMILES string of the molecule is CC(=O)C(CN1CCOCC1)=NNc1ccccc1. The first kappa shape index (κ1) is 13.7. The Labute approximate surface area is 113 Å². The third-order valence-corrected chi connectivity index (χ3v) is 2.98. The van der Waals surface area contributed by atoms with Crippen LogP contribution in [0.5, 0.6) is 0 Å². The number of nitrogens with one attached hydrogen (secondary N) is 1. The number of ether oxygens (including phenoxy) is 1. The van der Waals surface area contributed by atoms with Crippen LogP contribution in [0, 0.1) is 0 Å². The first-order chi connectivity index (χ1) is 9.25. The highest BCUT2D eigenvalue weighted by Gasteiger charge is 2.15. The number of nitrogens with zero attached hydrogens (tertiary/aromatic N) is 2. The number of hydrogen-bond acceptors (Lipinski definition) is 5. The molecule has 5 nitrogen and oxygen atoms in total. The average Bonchev–Trinajstić information content (AvgIpc) is 2.45. The predicted molar refractivity (Wildman–Crippen MR) is 75.4 cm³/mol. The van der Waals surface area contributed by atoms with Crippen LogP contribution in [0.1, 0.15) is 6.92 Å². The van der Waals surface area contributed by atoms with E-state index in [0.29, 0.717) is 12.3 Å². The summed E-state index contributed by atoms with van der Waals surface area (Å²) in [6.07, 6.45) is 0. The lowest BCUT2D eigenvalue weighted by Gasteiger charge is -2.26. The number of carbonyl (C=O) groups excluding carboxylic acids is 1. The van der Waals surface area contributed by atoms with Gasteiger partial charge < -0.3 is 4.74 Å². The van der Waals surface area contributed by atoms with Crippen molar-refractivity contribution < 1.29 is 9.53 Å². The van der Waals surface area contributed by atoms with Crippen molar-refractivity contribution in [3.05, 3.63) is 30.3 Å². The molecule has 0 saturated carbocycles. The molecule has 0 unspecified atom stereocenters. The van der Waals surface area contributed by atoms with E-state index in [1.54, 1.807) is 6.92 Å². The minimum absolute atomic E-state index is 0.00470. The van der Waals surface area contributed by atoms with Crippen LogP contribution in [0.15, 0.2) is 35.4 Å². The van der Waals surface area contributed by atoms with E-state index in [2.05, 4.69) is 15.4 Å². The summed E-state index contributed by atoms with van der Waals surface area (Å²) in [5.41, 5.74) is 4.35. The fraction of sp³-hybridized carbons (Fsp3) is 0.429. The highest BCUT2D eigenvalue weighted by molar-refractivity contribution is 6.39. The molecule has 0 radical (unpaired) electrons. The Morgan fingerprint density at radius 2 is 2.00 bits per heavy atom. The van der Waals surface area contributed by atoms with Crippen molar-refractivity contribution in [2.75, 3.05) is 38.3 Å². The summed E-state index contributed by atoms with van der Waals surface area (Å²) in [5, 5.41) is 4.22. The third-order valence-electron chi connectivity index (χ3n) is 2.98. The Hall–Kier alpha value is -1.72. The second kappa shape index (κ2) is 7.01. The van der Waals surface area contributed by atoms with Crippen molar-refractivity contribution in [3.8, 4) is 0 Å². The van der Waals surface area contributed by atoms with Crippen LogP contribution in [0.4, 0.5) is 5.69 Å². The first-order valence-corrected chi connectivity index (χ1v) is 6.44. The molecular formula is C14H19N3O2. The number of rotatable bonds is 5. The molecule has 1 aromatic rings. The number of ketones is 1. The van der Waals surface area contributed by atoms with E-state index >= 15 is 0 Å². The lowest BCUT2D eigenvalue weighted by molar-refractivity contribution is -0.111. The Morgan fingerprint density at radius 3 is 2.63 bits per heavy atom. The summed E-state index contributed by atoms with van der Waals surface area (Å²) in [4.78, 5) is 13.8. The summed E-state index contributed by atoms with van der Waals surface area (Å²) in [7, 11) is 0. The van der Waals surface area contributed by atoms with Gasteiger partial charge >= 0.3 is 0 Å². The van der Waals surface area contributed by atoms with Gasteiger partial charge in [-0.05, 0) is 12.1 Å². The van der Waals surface area contributed by atoms with Gasteiger partial charge in [0.1, 0.15) is 5.71 Å². The Bertz CT molecular complexity index is 439. The number of hydrogen-bond donors (Lipinski definition) is 1. The molecule has 1 aliphatic rings. The number of hydrazone groups is 1. The molecule has 0 atom stereocenters. The number of carbonyl (C=O) groups is 1. The van der Waals surface area contributed by atoms with Gasteiger partial charge in [-0.2, -0.15) is 5.10 Å². The van der Waals surface area contributed by atoms with Gasteiger partial charge in [-0.15, -0.1) is 0 Å². The molecule has 19 heavy (non-hydrogen) atoms. The second-order valence-electron chi connectivity index (χ2n) is 4.48. The Kier molecular flexibility index (Phi) is 5.06. The zero-order valence-corrected chi connectivity index (χ0v) is 11.1. The number of morpholine rings is 1. The molecule has 0 aromatic heterocycles. The van der Waals surface area contributed by atoms with E-state index in [-0.39, 0.29) is 5.78 Å². The smallest absolute Gasteiger partial charge is 0.177 e. The van der Waals surface area contributed by atoms with Gasteiger partial charge in [-0.25, -0.2) is 0 Å². The van der Waals surface area contributed by atoms with E-state index in [1.165, 1.54) is 0 Å². The summed E-state index contributed by atoms with van der Waals surface area (Å²) in [5.74, 6) is -0.00470. The number of para-hydroxylation sites is 1. The second-order valence-corrected chi connectivity index (χ2v) is 4.48. The van der Waals surface area contributed by atoms with Gasteiger partial charge in [-0.1, -0.05) is 18.2 Å². The van der Waals surface area contributed by atoms with Crippen LogP contribution in [0.25, 0.3) is 0 Å². The molecule has 5 heteroatoms. The molecule has 1 heterocycles. The highest BCUT2D eigenvalue weighted by Crippen LogP contribution is 2.05. The van der Waals surface area contributed by atoms with Crippen LogP contribution < -0.4 is 5.43 Å². The van der Waals surface area contributed by atoms with E-state index in [9.17, 15) is 4.79 Å². The van der Waals surface area contributed by atoms with E-state index in [0.717, 1.165) is 32.0 Å². The van der Waals surface area contributed by atoms with Gasteiger partial charge in [0.05, 0.1) is 18.9 Å². The maximum absolute atomic E-state index is 11.6. The number of benzene rings is 1. The zero-order chi connectivity index (χ0) is 13.5. The fourth-order valence-electron chi connectivity index (χ4n) is 1.84. The van der Waals surface area contributed by atoms with E-state index in [1.807, 2.05) is 30.3 Å². The molecule has 0 spiro atoms. The molecule has 102 valence electrons. The van der Waals surface area contributed by atoms with Crippen molar-refractivity contribution >= 4 is 17.2 Å². The number of anilines is 1. The predicted octanol–water partition coefficient (Wildman–Crippen LogP) is 1.38. The lowest BCUT2D eigenvalue weighted by Crippen LogP contribution is -2.41. The van der Waals surface area contributed by atoms with E-state index in [4.69, 9.17) is 4.74 Å². The van der Waals surface area contributed by atoms with Gasteiger partial charge in [0, 0.05) is 26.6 Å². The van der Waals surface area contributed by atoms with Crippen molar-refractivity contribution in [3.63, 3.8) is 0 Å². The zero-order valence-electron chi connectivity index (χ0n) is 11.1. The summed E-state index contributed by atoms with van der Waals surface area (Å²) < 4.78 is 5.29. The summed E-state index contributed by atoms with van der Waals surface area (Å²) in [6.45, 7) is 5.24. The topological polar surface area (TPSA) is 53.9 Å². The van der Waals surface area contributed by atoms with Crippen molar-refractivity contribution in [2.45, 2.75) is 6.92 Å². The largest absolute Gasteiger partial charge is 0.379 e. The quantitative estimate of drug-likeness (QED) is 0.642. The Balaban J connectivity index is 1.96. The van der Waals surface area contributed by atoms with Gasteiger partial charge in [0.25, 0.3) is 0 Å². The first-order valence-electron chi connectivity index (χ1n) is 6.44. The molecule has 1 saturated heterocycles. The summed E-state index contributed by atoms with van der Waals surface area (Å²) >= 11 is 0. The van der Waals surface area contributed by atoms with Crippen LogP contribution in [-0.2, 0) is 9.53 Å². The van der Waals surface area contributed by atoms with Gasteiger partial charge in [0.2, 0.25) is 0 Å². The molecule has 1 fully saturated rings. The Morgan fingerprint density at radius 1 is 1.32 bits per heavy atom. The maximum atomic E-state index is 11.6. The third kappa shape index (κ3) is 4.46. The number of Topliss-reactive ketones (excluding diaryl/α,β-unsaturated/α-hetero) is 1. The molecule has 1 aliphatic heterocycles. The standard InChI is InChI=1S/C14H19N3O2/c1-12(18)14(11-17-7-9-19-10-8-17)16-15-13-5-3-2-4-6-13/h2-6,15H,7-11H2,1H3. The minimum atomic E-state index is -0.00470. The van der Waals surface area contributed by atoms with Crippen LogP contribution in [0.3, 0.4) is 0 Å². The van der Waals surface area contributed by atoms with Crippen molar-refractivity contribution in [1.82, 2.24) is 4.90 Å².